The summed E-state index contributed by atoms with van der Waals surface area (Å²) in [7, 11) is -0.362. The summed E-state index contributed by atoms with van der Waals surface area (Å²) in [5.74, 6) is 1.29. The molecule has 3 aliphatic rings. The van der Waals surface area contributed by atoms with E-state index in [2.05, 4.69) is 95.3 Å². The molecule has 4 unspecified atom stereocenters. The molecular formula is C28H29BN4O2S. The first-order valence-electron chi connectivity index (χ1n) is 12.7. The van der Waals surface area contributed by atoms with E-state index in [1.54, 1.807) is 24.4 Å². The first-order valence-corrected chi connectivity index (χ1v) is 13.7. The van der Waals surface area contributed by atoms with Crippen LogP contribution in [-0.4, -0.2) is 33.2 Å². The lowest BCUT2D eigenvalue weighted by molar-refractivity contribution is -0.0800. The topological polar surface area (TPSA) is 72.9 Å². The van der Waals surface area contributed by atoms with Crippen molar-refractivity contribution in [2.24, 2.45) is 16.7 Å². The Hall–Kier alpha value is -2.68. The van der Waals surface area contributed by atoms with E-state index in [0.717, 1.165) is 28.2 Å². The third kappa shape index (κ3) is 2.92. The number of imidazole rings is 1. The molecule has 4 atom stereocenters. The van der Waals surface area contributed by atoms with Crippen molar-refractivity contribution >= 4 is 35.5 Å². The lowest BCUT2D eigenvalue weighted by Gasteiger charge is -2.48. The molecule has 3 heterocycles. The molecule has 6 nitrogen and oxygen atoms in total. The Balaban J connectivity index is 1.15. The summed E-state index contributed by atoms with van der Waals surface area (Å²) in [4.78, 5) is 16.0. The van der Waals surface area contributed by atoms with Crippen LogP contribution in [-0.2, 0) is 20.7 Å². The van der Waals surface area contributed by atoms with E-state index in [4.69, 9.17) is 9.31 Å². The summed E-state index contributed by atoms with van der Waals surface area (Å²) in [5.41, 5.74) is 4.86. The zero-order valence-electron chi connectivity index (χ0n) is 20.8. The van der Waals surface area contributed by atoms with Crippen molar-refractivity contribution < 1.29 is 9.31 Å². The normalized spacial score (nSPS) is 30.2. The van der Waals surface area contributed by atoms with E-state index in [1.807, 2.05) is 0 Å². The van der Waals surface area contributed by atoms with Crippen molar-refractivity contribution in [1.82, 2.24) is 19.9 Å². The molecule has 3 fully saturated rings. The van der Waals surface area contributed by atoms with Gasteiger partial charge >= 0.3 is 7.12 Å². The van der Waals surface area contributed by atoms with E-state index in [1.165, 1.54) is 17.5 Å². The summed E-state index contributed by atoms with van der Waals surface area (Å²) in [6.07, 6.45) is 5.64. The maximum Gasteiger partial charge on any atom is 0.494 e. The predicted molar refractivity (Wildman–Crippen MR) is 142 cm³/mol. The smallest absolute Gasteiger partial charge is 0.401 e. The van der Waals surface area contributed by atoms with Crippen molar-refractivity contribution in [3.8, 4) is 0 Å². The average Bonchev–Trinajstić information content (AvgIpc) is 3.62. The van der Waals surface area contributed by atoms with Crippen LogP contribution >= 0.6 is 11.8 Å². The highest BCUT2D eigenvalue weighted by atomic mass is 32.2. The van der Waals surface area contributed by atoms with Crippen molar-refractivity contribution in [2.45, 2.75) is 56.1 Å². The monoisotopic (exact) mass is 496 g/mol. The zero-order valence-corrected chi connectivity index (χ0v) is 21.6. The Morgan fingerprint density at radius 3 is 2.64 bits per heavy atom. The molecule has 2 aromatic carbocycles. The Bertz CT molecular complexity index is 1430. The lowest BCUT2D eigenvalue weighted by atomic mass is 9.61. The largest absolute Gasteiger partial charge is 0.494 e. The zero-order chi connectivity index (χ0) is 24.5. The van der Waals surface area contributed by atoms with Crippen molar-refractivity contribution in [2.75, 3.05) is 0 Å². The fraction of sp³-hybridized carbons (Fsp3) is 0.393. The second kappa shape index (κ2) is 7.91. The molecule has 2 aliphatic carbocycles. The van der Waals surface area contributed by atoms with Crippen molar-refractivity contribution in [3.05, 3.63) is 78.4 Å². The number of nitrogens with zero attached hydrogens (tertiary/aromatic N) is 3. The van der Waals surface area contributed by atoms with Gasteiger partial charge in [-0.15, -0.1) is 0 Å². The molecular weight excluding hydrogens is 467 g/mol. The molecule has 2 aromatic heterocycles. The molecule has 1 aliphatic heterocycles. The Kier molecular flexibility index (Phi) is 4.95. The van der Waals surface area contributed by atoms with E-state index in [0.29, 0.717) is 11.6 Å². The molecule has 1 N–H and O–H groups in total. The van der Waals surface area contributed by atoms with Crippen LogP contribution in [0.1, 0.15) is 44.7 Å². The maximum atomic E-state index is 7.07. The predicted octanol–water partition coefficient (Wildman–Crippen LogP) is 5.11. The first-order chi connectivity index (χ1) is 17.4. The molecule has 36 heavy (non-hydrogen) atoms. The molecule has 0 amide bonds. The van der Waals surface area contributed by atoms with E-state index in [-0.39, 0.29) is 24.1 Å². The minimum absolute atomic E-state index is 0.0115. The van der Waals surface area contributed by atoms with Crippen LogP contribution in [0.15, 0.2) is 72.3 Å². The number of hydrogen-bond acceptors (Lipinski definition) is 6. The van der Waals surface area contributed by atoms with Gasteiger partial charge in [0.25, 0.3) is 0 Å². The van der Waals surface area contributed by atoms with Gasteiger partial charge in [0.05, 0.1) is 12.4 Å². The minimum atomic E-state index is -0.428. The summed E-state index contributed by atoms with van der Waals surface area (Å²) in [6.45, 7) is 7.25. The highest BCUT2D eigenvalue weighted by Gasteiger charge is 2.78. The van der Waals surface area contributed by atoms with E-state index < -0.39 is 5.60 Å². The van der Waals surface area contributed by atoms with Gasteiger partial charge in [-0.05, 0) is 40.8 Å². The van der Waals surface area contributed by atoms with Gasteiger partial charge in [-0.25, -0.2) is 15.0 Å². The van der Waals surface area contributed by atoms with Crippen LogP contribution < -0.4 is 5.46 Å². The number of fused-ring (bicyclic) bond motifs is 6. The van der Waals surface area contributed by atoms with Crippen molar-refractivity contribution in [3.63, 3.8) is 0 Å². The van der Waals surface area contributed by atoms with Gasteiger partial charge in [0.1, 0.15) is 22.5 Å². The Labute approximate surface area is 215 Å². The molecule has 2 bridgehead atoms. The minimum Gasteiger partial charge on any atom is -0.401 e. The summed E-state index contributed by atoms with van der Waals surface area (Å²) in [5, 5.41) is 0.910. The second-order valence-corrected chi connectivity index (χ2v) is 12.1. The van der Waals surface area contributed by atoms with Crippen LogP contribution in [0.5, 0.6) is 0 Å². The molecule has 4 aromatic rings. The SMILES string of the molecule is CC1(C)C2CCC1(C)C1(c3ccccc3)OB(c3ccc(CSc4ncnc5nc[nH]c45)cc3)OC21. The molecule has 0 spiro atoms. The van der Waals surface area contributed by atoms with Crippen LogP contribution in [0.4, 0.5) is 0 Å². The molecule has 8 heteroatoms. The van der Waals surface area contributed by atoms with Gasteiger partial charge < -0.3 is 14.3 Å². The number of aromatic nitrogens is 4. The van der Waals surface area contributed by atoms with E-state index >= 15 is 0 Å². The van der Waals surface area contributed by atoms with Gasteiger partial charge in [-0.2, -0.15) is 0 Å². The Morgan fingerprint density at radius 2 is 1.83 bits per heavy atom. The van der Waals surface area contributed by atoms with Crippen LogP contribution in [0.25, 0.3) is 11.2 Å². The molecule has 1 saturated heterocycles. The average molecular weight is 496 g/mol. The van der Waals surface area contributed by atoms with Crippen LogP contribution in [0, 0.1) is 16.7 Å². The van der Waals surface area contributed by atoms with Gasteiger partial charge in [-0.3, -0.25) is 0 Å². The molecule has 2 saturated carbocycles. The molecule has 7 rings (SSSR count). The number of thioether (sulfide) groups is 1. The summed E-state index contributed by atoms with van der Waals surface area (Å²) < 4.78 is 13.9. The summed E-state index contributed by atoms with van der Waals surface area (Å²) >= 11 is 1.68. The number of hydrogen-bond donors (Lipinski definition) is 1. The third-order valence-electron chi connectivity index (χ3n) is 9.47. The second-order valence-electron chi connectivity index (χ2n) is 11.1. The first kappa shape index (κ1) is 22.5. The fourth-order valence-corrected chi connectivity index (χ4v) is 8.12. The van der Waals surface area contributed by atoms with Gasteiger partial charge in [0.2, 0.25) is 0 Å². The number of rotatable bonds is 5. The highest BCUT2D eigenvalue weighted by Crippen LogP contribution is 2.75. The standard InChI is InChI=1S/C28H29BN4O2S/c1-26(2)21-13-14-27(26,3)28(19-7-5-4-6-8-19)23(21)34-29(35-28)20-11-9-18(10-12-20)15-36-25-22-24(31-16-30-22)32-17-33-25/h4-12,16-17,21,23H,13-15H2,1-3H3,(H,30,31,32,33). The van der Waals surface area contributed by atoms with Gasteiger partial charge in [0, 0.05) is 11.2 Å². The van der Waals surface area contributed by atoms with E-state index in [9.17, 15) is 0 Å². The lowest BCUT2D eigenvalue weighted by Crippen LogP contribution is -2.50. The van der Waals surface area contributed by atoms with Gasteiger partial charge in [-0.1, -0.05) is 87.1 Å². The third-order valence-corrected chi connectivity index (χ3v) is 10.5. The number of benzene rings is 2. The number of H-pyrrole nitrogens is 1. The molecule has 182 valence electrons. The number of nitrogens with one attached hydrogen (secondary N) is 1. The molecule has 0 radical (unpaired) electrons. The van der Waals surface area contributed by atoms with Crippen LogP contribution in [0.3, 0.4) is 0 Å². The fourth-order valence-electron chi connectivity index (χ4n) is 7.20. The highest BCUT2D eigenvalue weighted by molar-refractivity contribution is 7.98. The van der Waals surface area contributed by atoms with Crippen molar-refractivity contribution in [1.29, 1.82) is 0 Å². The summed E-state index contributed by atoms with van der Waals surface area (Å²) in [6, 6.07) is 19.4. The Morgan fingerprint density at radius 1 is 1.03 bits per heavy atom. The van der Waals surface area contributed by atoms with Gasteiger partial charge in [0.15, 0.2) is 5.65 Å². The quantitative estimate of drug-likeness (QED) is 0.235. The maximum absolute atomic E-state index is 7.07. The number of aromatic amines is 1. The van der Waals surface area contributed by atoms with Crippen LogP contribution in [0.2, 0.25) is 0 Å².